The summed E-state index contributed by atoms with van der Waals surface area (Å²) < 4.78 is 0. The molecular formula is C14H26ClN5. The quantitative estimate of drug-likeness (QED) is 0.914. The van der Waals surface area contributed by atoms with Gasteiger partial charge in [0.25, 0.3) is 0 Å². The van der Waals surface area contributed by atoms with Crippen LogP contribution in [-0.4, -0.2) is 53.1 Å². The Bertz CT molecular complexity index is 415. The van der Waals surface area contributed by atoms with Crippen molar-refractivity contribution in [2.45, 2.75) is 33.2 Å². The minimum atomic E-state index is -0.126. The van der Waals surface area contributed by atoms with Gasteiger partial charge in [-0.3, -0.25) is 4.90 Å². The summed E-state index contributed by atoms with van der Waals surface area (Å²) in [7, 11) is 0. The first-order valence-electron chi connectivity index (χ1n) is 6.92. The van der Waals surface area contributed by atoms with Crippen LogP contribution in [0.15, 0.2) is 6.07 Å². The Balaban J connectivity index is 0.00000200. The fourth-order valence-corrected chi connectivity index (χ4v) is 2.53. The average Bonchev–Trinajstić information content (AvgIpc) is 2.26. The molecule has 0 radical (unpaired) electrons. The molecule has 1 saturated heterocycles. The summed E-state index contributed by atoms with van der Waals surface area (Å²) in [5.74, 6) is 0.865. The van der Waals surface area contributed by atoms with E-state index in [0.717, 1.165) is 50.1 Å². The second kappa shape index (κ2) is 6.70. The third kappa shape index (κ3) is 4.89. The molecule has 2 N–H and O–H groups in total. The Hall–Kier alpha value is -0.910. The van der Waals surface area contributed by atoms with E-state index >= 15 is 0 Å². The van der Waals surface area contributed by atoms with Gasteiger partial charge in [-0.15, -0.1) is 12.4 Å². The van der Waals surface area contributed by atoms with E-state index in [1.807, 2.05) is 19.9 Å². The zero-order chi connectivity index (χ0) is 14.0. The number of rotatable bonds is 3. The van der Waals surface area contributed by atoms with Crippen LogP contribution in [0.2, 0.25) is 0 Å². The second-order valence-electron chi connectivity index (χ2n) is 6.20. The summed E-state index contributed by atoms with van der Waals surface area (Å²) in [4.78, 5) is 13.7. The highest BCUT2D eigenvalue weighted by atomic mass is 35.5. The van der Waals surface area contributed by atoms with Gasteiger partial charge in [-0.2, -0.15) is 0 Å². The van der Waals surface area contributed by atoms with Crippen LogP contribution in [0.1, 0.15) is 25.2 Å². The summed E-state index contributed by atoms with van der Waals surface area (Å²) in [6.07, 6.45) is 0. The van der Waals surface area contributed by atoms with Crippen LogP contribution in [0.3, 0.4) is 0 Å². The molecular weight excluding hydrogens is 274 g/mol. The van der Waals surface area contributed by atoms with Crippen LogP contribution >= 0.6 is 12.4 Å². The summed E-state index contributed by atoms with van der Waals surface area (Å²) >= 11 is 0. The zero-order valence-corrected chi connectivity index (χ0v) is 13.7. The summed E-state index contributed by atoms with van der Waals surface area (Å²) in [5, 5.41) is 0. The molecule has 0 amide bonds. The van der Waals surface area contributed by atoms with Crippen LogP contribution < -0.4 is 10.6 Å². The van der Waals surface area contributed by atoms with Gasteiger partial charge in [0.2, 0.25) is 5.95 Å². The molecule has 0 aliphatic carbocycles. The minimum Gasteiger partial charge on any atom is -0.338 e. The number of hydrogen-bond acceptors (Lipinski definition) is 5. The van der Waals surface area contributed by atoms with Gasteiger partial charge >= 0.3 is 0 Å². The Labute approximate surface area is 128 Å². The van der Waals surface area contributed by atoms with Gasteiger partial charge in [0, 0.05) is 49.7 Å². The number of nitrogens with two attached hydrogens (primary N) is 1. The highest BCUT2D eigenvalue weighted by molar-refractivity contribution is 5.85. The highest BCUT2D eigenvalue weighted by Gasteiger charge is 2.23. The molecule has 0 bridgehead atoms. The van der Waals surface area contributed by atoms with E-state index in [1.54, 1.807) is 0 Å². The third-order valence-corrected chi connectivity index (χ3v) is 3.26. The van der Waals surface area contributed by atoms with Crippen LogP contribution in [0, 0.1) is 13.8 Å². The minimum absolute atomic E-state index is 0. The van der Waals surface area contributed by atoms with Crippen molar-refractivity contribution in [1.29, 1.82) is 0 Å². The van der Waals surface area contributed by atoms with Crippen molar-refractivity contribution in [3.63, 3.8) is 0 Å². The predicted molar refractivity (Wildman–Crippen MR) is 85.7 cm³/mol. The molecule has 0 unspecified atom stereocenters. The molecule has 0 atom stereocenters. The number of nitrogens with zero attached hydrogens (tertiary/aromatic N) is 4. The normalized spacial score (nSPS) is 16.9. The first-order valence-corrected chi connectivity index (χ1v) is 6.92. The second-order valence-corrected chi connectivity index (χ2v) is 6.20. The van der Waals surface area contributed by atoms with Crippen molar-refractivity contribution in [2.24, 2.45) is 5.73 Å². The molecule has 0 saturated carbocycles. The van der Waals surface area contributed by atoms with Crippen molar-refractivity contribution in [3.05, 3.63) is 17.5 Å². The van der Waals surface area contributed by atoms with Gasteiger partial charge in [0.15, 0.2) is 0 Å². The van der Waals surface area contributed by atoms with Gasteiger partial charge in [0.1, 0.15) is 0 Å². The van der Waals surface area contributed by atoms with Gasteiger partial charge in [-0.1, -0.05) is 0 Å². The van der Waals surface area contributed by atoms with Gasteiger partial charge in [-0.05, 0) is 33.8 Å². The molecule has 2 heterocycles. The van der Waals surface area contributed by atoms with Crippen LogP contribution in [0.4, 0.5) is 5.95 Å². The van der Waals surface area contributed by atoms with Crippen LogP contribution in [0.5, 0.6) is 0 Å². The molecule has 0 spiro atoms. The van der Waals surface area contributed by atoms with E-state index in [4.69, 9.17) is 5.73 Å². The van der Waals surface area contributed by atoms with E-state index in [-0.39, 0.29) is 17.9 Å². The molecule has 1 aromatic rings. The SMILES string of the molecule is Cc1cc(C)nc(N2CCN(CC(C)(C)N)CC2)n1.Cl. The number of piperazine rings is 1. The Morgan fingerprint density at radius 2 is 1.60 bits per heavy atom. The molecule has 114 valence electrons. The van der Waals surface area contributed by atoms with Gasteiger partial charge in [0.05, 0.1) is 0 Å². The fourth-order valence-electron chi connectivity index (χ4n) is 2.53. The first-order chi connectivity index (χ1) is 8.83. The van der Waals surface area contributed by atoms with Crippen LogP contribution in [0.25, 0.3) is 0 Å². The van der Waals surface area contributed by atoms with E-state index in [1.165, 1.54) is 0 Å². The number of hydrogen-bond donors (Lipinski definition) is 1. The zero-order valence-electron chi connectivity index (χ0n) is 12.9. The monoisotopic (exact) mass is 299 g/mol. The van der Waals surface area contributed by atoms with E-state index in [0.29, 0.717) is 0 Å². The molecule has 1 aliphatic heterocycles. The Morgan fingerprint density at radius 1 is 1.10 bits per heavy atom. The molecule has 1 aliphatic rings. The topological polar surface area (TPSA) is 58.3 Å². The van der Waals surface area contributed by atoms with E-state index in [2.05, 4.69) is 33.6 Å². The lowest BCUT2D eigenvalue weighted by Gasteiger charge is -2.37. The maximum absolute atomic E-state index is 6.07. The maximum atomic E-state index is 6.07. The van der Waals surface area contributed by atoms with Crippen molar-refractivity contribution in [1.82, 2.24) is 14.9 Å². The summed E-state index contributed by atoms with van der Waals surface area (Å²) in [5.41, 5.74) is 8.02. The smallest absolute Gasteiger partial charge is 0.225 e. The summed E-state index contributed by atoms with van der Waals surface area (Å²) in [6, 6.07) is 2.01. The third-order valence-electron chi connectivity index (χ3n) is 3.26. The molecule has 1 fully saturated rings. The van der Waals surface area contributed by atoms with Gasteiger partial charge in [-0.25, -0.2) is 9.97 Å². The fraction of sp³-hybridized carbons (Fsp3) is 0.714. The average molecular weight is 300 g/mol. The lowest BCUT2D eigenvalue weighted by molar-refractivity contribution is 0.213. The van der Waals surface area contributed by atoms with Crippen LogP contribution in [-0.2, 0) is 0 Å². The first kappa shape index (κ1) is 17.1. The predicted octanol–water partition coefficient (Wildman–Crippen LogP) is 1.37. The molecule has 0 aromatic carbocycles. The van der Waals surface area contributed by atoms with E-state index in [9.17, 15) is 0 Å². The molecule has 6 heteroatoms. The molecule has 1 aromatic heterocycles. The molecule has 20 heavy (non-hydrogen) atoms. The number of anilines is 1. The van der Waals surface area contributed by atoms with E-state index < -0.39 is 0 Å². The number of halogens is 1. The molecule has 5 nitrogen and oxygen atoms in total. The Kier molecular flexibility index (Phi) is 5.74. The molecule has 2 rings (SSSR count). The van der Waals surface area contributed by atoms with Gasteiger partial charge < -0.3 is 10.6 Å². The number of aromatic nitrogens is 2. The highest BCUT2D eigenvalue weighted by Crippen LogP contribution is 2.14. The van der Waals surface area contributed by atoms with Crippen molar-refractivity contribution in [2.75, 3.05) is 37.6 Å². The summed E-state index contributed by atoms with van der Waals surface area (Å²) in [6.45, 7) is 13.1. The lowest BCUT2D eigenvalue weighted by atomic mass is 10.1. The van der Waals surface area contributed by atoms with Crippen molar-refractivity contribution >= 4 is 18.4 Å². The Morgan fingerprint density at radius 3 is 2.05 bits per heavy atom. The largest absolute Gasteiger partial charge is 0.338 e. The maximum Gasteiger partial charge on any atom is 0.225 e. The van der Waals surface area contributed by atoms with Crippen molar-refractivity contribution < 1.29 is 0 Å². The number of aryl methyl sites for hydroxylation is 2. The standard InChI is InChI=1S/C14H25N5.ClH/c1-11-9-12(2)17-13(16-11)19-7-5-18(6-8-19)10-14(3,4)15;/h9H,5-8,10,15H2,1-4H3;1H. The lowest BCUT2D eigenvalue weighted by Crippen LogP contribution is -2.53. The van der Waals surface area contributed by atoms with Crippen molar-refractivity contribution in [3.8, 4) is 0 Å².